The summed E-state index contributed by atoms with van der Waals surface area (Å²) >= 11 is 0. The van der Waals surface area contributed by atoms with Crippen LogP contribution in [0.3, 0.4) is 0 Å². The predicted octanol–water partition coefficient (Wildman–Crippen LogP) is 0.0404. The van der Waals surface area contributed by atoms with Gasteiger partial charge in [-0.25, -0.2) is 4.98 Å². The highest BCUT2D eigenvalue weighted by Gasteiger charge is 2.06. The predicted molar refractivity (Wildman–Crippen MR) is 59.3 cm³/mol. The van der Waals surface area contributed by atoms with Gasteiger partial charge >= 0.3 is 0 Å². The fraction of sp³-hybridized carbons (Fsp3) is 0.400. The average molecular weight is 208 g/mol. The third-order valence-electron chi connectivity index (χ3n) is 1.99. The molecule has 1 aromatic heterocycles. The Morgan fingerprint density at radius 2 is 2.40 bits per heavy atom. The maximum Gasteiger partial charge on any atom is 0.231 e. The summed E-state index contributed by atoms with van der Waals surface area (Å²) in [7, 11) is 3.66. The molecule has 5 nitrogen and oxygen atoms in total. The molecule has 5 heteroatoms. The Bertz CT molecular complexity index is 340. The first-order chi connectivity index (χ1) is 7.13. The van der Waals surface area contributed by atoms with Crippen LogP contribution in [0.1, 0.15) is 5.56 Å². The van der Waals surface area contributed by atoms with Crippen molar-refractivity contribution in [3.63, 3.8) is 0 Å². The number of hydrogen-bond donors (Lipinski definition) is 2. The number of nitrogens with one attached hydrogen (secondary N) is 1. The average Bonchev–Trinajstić information content (AvgIpc) is 2.17. The van der Waals surface area contributed by atoms with Gasteiger partial charge in [0.25, 0.3) is 0 Å². The van der Waals surface area contributed by atoms with E-state index < -0.39 is 0 Å². The lowest BCUT2D eigenvalue weighted by molar-refractivity contribution is -0.118. The summed E-state index contributed by atoms with van der Waals surface area (Å²) in [6, 6.07) is 3.84. The number of carbonyl (C=O) groups is 1. The minimum atomic E-state index is -0.326. The van der Waals surface area contributed by atoms with Gasteiger partial charge in [-0.1, -0.05) is 6.07 Å². The molecule has 1 aromatic rings. The molecule has 0 aliphatic rings. The Balaban J connectivity index is 2.67. The number of nitrogens with two attached hydrogens (primary N) is 1. The molecule has 1 heterocycles. The van der Waals surface area contributed by atoms with Gasteiger partial charge in [0, 0.05) is 25.4 Å². The van der Waals surface area contributed by atoms with Gasteiger partial charge in [-0.2, -0.15) is 0 Å². The normalized spacial score (nSPS) is 10.3. The van der Waals surface area contributed by atoms with Crippen LogP contribution in [0.4, 0.5) is 5.82 Å². The highest BCUT2D eigenvalue weighted by atomic mass is 16.1. The van der Waals surface area contributed by atoms with E-state index in [-0.39, 0.29) is 12.5 Å². The van der Waals surface area contributed by atoms with Crippen LogP contribution >= 0.6 is 0 Å². The zero-order valence-corrected chi connectivity index (χ0v) is 9.03. The van der Waals surface area contributed by atoms with E-state index in [1.54, 1.807) is 6.20 Å². The first-order valence-electron chi connectivity index (χ1n) is 4.72. The number of rotatable bonds is 5. The Hall–Kier alpha value is -1.62. The fourth-order valence-electron chi connectivity index (χ4n) is 1.40. The van der Waals surface area contributed by atoms with Crippen molar-refractivity contribution in [1.29, 1.82) is 0 Å². The highest BCUT2D eigenvalue weighted by Crippen LogP contribution is 2.12. The van der Waals surface area contributed by atoms with E-state index in [2.05, 4.69) is 10.3 Å². The van der Waals surface area contributed by atoms with Crippen LogP contribution in [0.25, 0.3) is 0 Å². The molecule has 0 bridgehead atoms. The topological polar surface area (TPSA) is 71.2 Å². The van der Waals surface area contributed by atoms with Crippen LogP contribution in [0.15, 0.2) is 18.3 Å². The third kappa shape index (κ3) is 3.55. The molecule has 0 aliphatic carbocycles. The second-order valence-electron chi connectivity index (χ2n) is 3.40. The van der Waals surface area contributed by atoms with Crippen molar-refractivity contribution < 1.29 is 4.79 Å². The molecule has 0 fully saturated rings. The van der Waals surface area contributed by atoms with Crippen molar-refractivity contribution in [3.05, 3.63) is 23.9 Å². The van der Waals surface area contributed by atoms with Gasteiger partial charge in [-0.3, -0.25) is 9.69 Å². The molecular formula is C10H16N4O. The standard InChI is InChI=1S/C10H16N4O/c1-12-10-8(4-3-5-13-10)6-14(2)7-9(11)15/h3-5H,6-7H2,1-2H3,(H2,11,15)(H,12,13). The molecule has 0 aliphatic heterocycles. The van der Waals surface area contributed by atoms with Gasteiger partial charge in [-0.05, 0) is 13.1 Å². The van der Waals surface area contributed by atoms with Crippen LogP contribution < -0.4 is 11.1 Å². The largest absolute Gasteiger partial charge is 0.373 e. The van der Waals surface area contributed by atoms with Gasteiger partial charge in [-0.15, -0.1) is 0 Å². The molecular weight excluding hydrogens is 192 g/mol. The quantitative estimate of drug-likeness (QED) is 0.716. The number of likely N-dealkylation sites (N-methyl/N-ethyl adjacent to an activating group) is 1. The smallest absolute Gasteiger partial charge is 0.231 e. The van der Waals surface area contributed by atoms with Crippen LogP contribution in [0.2, 0.25) is 0 Å². The van der Waals surface area contributed by atoms with Gasteiger partial charge in [0.1, 0.15) is 5.82 Å². The minimum Gasteiger partial charge on any atom is -0.373 e. The molecule has 15 heavy (non-hydrogen) atoms. The molecule has 0 spiro atoms. The van der Waals surface area contributed by atoms with Gasteiger partial charge < -0.3 is 11.1 Å². The molecule has 1 amide bonds. The van der Waals surface area contributed by atoms with Crippen molar-refractivity contribution in [2.75, 3.05) is 26.0 Å². The number of anilines is 1. The van der Waals surface area contributed by atoms with Crippen molar-refractivity contribution in [2.24, 2.45) is 5.73 Å². The van der Waals surface area contributed by atoms with Crippen LogP contribution in [-0.4, -0.2) is 36.4 Å². The van der Waals surface area contributed by atoms with Crippen LogP contribution in [0, 0.1) is 0 Å². The van der Waals surface area contributed by atoms with Crippen molar-refractivity contribution in [2.45, 2.75) is 6.54 Å². The van der Waals surface area contributed by atoms with E-state index in [4.69, 9.17) is 5.73 Å². The van der Waals surface area contributed by atoms with Gasteiger partial charge in [0.15, 0.2) is 0 Å². The molecule has 0 saturated carbocycles. The molecule has 0 saturated heterocycles. The summed E-state index contributed by atoms with van der Waals surface area (Å²) < 4.78 is 0. The maximum absolute atomic E-state index is 10.7. The van der Waals surface area contributed by atoms with Crippen LogP contribution in [-0.2, 0) is 11.3 Å². The van der Waals surface area contributed by atoms with E-state index in [9.17, 15) is 4.79 Å². The SMILES string of the molecule is CNc1ncccc1CN(C)CC(N)=O. The minimum absolute atomic E-state index is 0.248. The zero-order valence-electron chi connectivity index (χ0n) is 9.03. The number of nitrogens with zero attached hydrogens (tertiary/aromatic N) is 2. The summed E-state index contributed by atoms with van der Waals surface area (Å²) in [6.07, 6.45) is 1.73. The van der Waals surface area contributed by atoms with Gasteiger partial charge in [0.05, 0.1) is 6.54 Å². The Labute approximate surface area is 89.3 Å². The molecule has 0 radical (unpaired) electrons. The first kappa shape index (κ1) is 11.5. The number of primary amides is 1. The lowest BCUT2D eigenvalue weighted by atomic mass is 10.2. The second kappa shape index (κ2) is 5.31. The van der Waals surface area contributed by atoms with Crippen molar-refractivity contribution in [3.8, 4) is 0 Å². The Morgan fingerprint density at radius 3 is 3.00 bits per heavy atom. The number of aromatic nitrogens is 1. The maximum atomic E-state index is 10.7. The van der Waals surface area contributed by atoms with E-state index in [1.165, 1.54) is 0 Å². The lowest BCUT2D eigenvalue weighted by Gasteiger charge is -2.16. The van der Waals surface area contributed by atoms with E-state index in [0.29, 0.717) is 6.54 Å². The fourth-order valence-corrected chi connectivity index (χ4v) is 1.40. The Kier molecular flexibility index (Phi) is 4.05. The molecule has 0 unspecified atom stereocenters. The highest BCUT2D eigenvalue weighted by molar-refractivity contribution is 5.75. The number of carbonyl (C=O) groups excluding carboxylic acids is 1. The number of hydrogen-bond acceptors (Lipinski definition) is 4. The third-order valence-corrected chi connectivity index (χ3v) is 1.99. The second-order valence-corrected chi connectivity index (χ2v) is 3.40. The van der Waals surface area contributed by atoms with Crippen molar-refractivity contribution in [1.82, 2.24) is 9.88 Å². The molecule has 82 valence electrons. The number of amides is 1. The molecule has 3 N–H and O–H groups in total. The zero-order chi connectivity index (χ0) is 11.3. The van der Waals surface area contributed by atoms with E-state index in [0.717, 1.165) is 11.4 Å². The summed E-state index contributed by atoms with van der Waals surface area (Å²) in [5.41, 5.74) is 6.15. The summed E-state index contributed by atoms with van der Waals surface area (Å²) in [5.74, 6) is 0.501. The molecule has 1 rings (SSSR count). The van der Waals surface area contributed by atoms with E-state index >= 15 is 0 Å². The Morgan fingerprint density at radius 1 is 1.67 bits per heavy atom. The summed E-state index contributed by atoms with van der Waals surface area (Å²) in [6.45, 7) is 0.894. The number of pyridine rings is 1. The lowest BCUT2D eigenvalue weighted by Crippen LogP contribution is -2.30. The van der Waals surface area contributed by atoms with Crippen molar-refractivity contribution >= 4 is 11.7 Å². The molecule has 0 atom stereocenters. The van der Waals surface area contributed by atoms with Gasteiger partial charge in [0.2, 0.25) is 5.91 Å². The first-order valence-corrected chi connectivity index (χ1v) is 4.72. The van der Waals surface area contributed by atoms with E-state index in [1.807, 2.05) is 31.1 Å². The molecule has 0 aromatic carbocycles. The monoisotopic (exact) mass is 208 g/mol. The summed E-state index contributed by atoms with van der Waals surface area (Å²) in [5, 5.41) is 3.00. The van der Waals surface area contributed by atoms with Crippen LogP contribution in [0.5, 0.6) is 0 Å². The summed E-state index contributed by atoms with van der Waals surface area (Å²) in [4.78, 5) is 16.7.